The van der Waals surface area contributed by atoms with Crippen molar-refractivity contribution in [2.45, 2.75) is 11.8 Å². The molecule has 100 valence electrons. The van der Waals surface area contributed by atoms with Gasteiger partial charge in [-0.25, -0.2) is 0 Å². The van der Waals surface area contributed by atoms with Crippen molar-refractivity contribution in [3.63, 3.8) is 0 Å². The summed E-state index contributed by atoms with van der Waals surface area (Å²) < 4.78 is 11.4. The van der Waals surface area contributed by atoms with Crippen molar-refractivity contribution in [2.75, 3.05) is 6.26 Å². The highest BCUT2D eigenvalue weighted by atomic mass is 32.2. The van der Waals surface area contributed by atoms with Crippen molar-refractivity contribution in [1.82, 2.24) is 0 Å². The molecule has 3 rings (SSSR count). The van der Waals surface area contributed by atoms with Crippen LogP contribution in [0.2, 0.25) is 0 Å². The van der Waals surface area contributed by atoms with Gasteiger partial charge in [-0.1, -0.05) is 42.5 Å². The van der Waals surface area contributed by atoms with Gasteiger partial charge >= 0.3 is 0 Å². The van der Waals surface area contributed by atoms with Crippen molar-refractivity contribution >= 4 is 28.5 Å². The average Bonchev–Trinajstić information content (AvgIpc) is 2.76. The van der Waals surface area contributed by atoms with Crippen LogP contribution in [0.1, 0.15) is 23.6 Å². The largest absolute Gasteiger partial charge is 0.255 e. The van der Waals surface area contributed by atoms with Gasteiger partial charge in [-0.05, 0) is 53.0 Å². The molecule has 20 heavy (non-hydrogen) atoms. The molecule has 0 radical (unpaired) electrons. The molecule has 0 fully saturated rings. The van der Waals surface area contributed by atoms with E-state index in [1.807, 2.05) is 24.3 Å². The molecule has 0 saturated heterocycles. The smallest absolute Gasteiger partial charge is 0.0498 e. The first-order valence-electron chi connectivity index (χ1n) is 6.58. The first-order valence-corrected chi connectivity index (χ1v) is 8.14. The Labute approximate surface area is 122 Å². The van der Waals surface area contributed by atoms with Crippen LogP contribution in [0.5, 0.6) is 0 Å². The Bertz CT molecular complexity index is 736. The van der Waals surface area contributed by atoms with E-state index in [0.717, 1.165) is 10.5 Å². The molecule has 0 heterocycles. The second-order valence-electron chi connectivity index (χ2n) is 5.00. The maximum absolute atomic E-state index is 11.4. The van der Waals surface area contributed by atoms with Crippen LogP contribution < -0.4 is 0 Å². The van der Waals surface area contributed by atoms with Gasteiger partial charge < -0.3 is 0 Å². The Balaban J connectivity index is 2.01. The third kappa shape index (κ3) is 2.39. The van der Waals surface area contributed by atoms with Gasteiger partial charge in [-0.15, -0.1) is 0 Å². The summed E-state index contributed by atoms with van der Waals surface area (Å²) in [6.07, 6.45) is 6.12. The summed E-state index contributed by atoms with van der Waals surface area (Å²) in [5.41, 5.74) is 6.26. The minimum absolute atomic E-state index is 0.867. The van der Waals surface area contributed by atoms with Crippen molar-refractivity contribution in [3.8, 4) is 0 Å². The van der Waals surface area contributed by atoms with E-state index >= 15 is 0 Å². The van der Waals surface area contributed by atoms with Gasteiger partial charge in [0, 0.05) is 22.0 Å². The third-order valence-electron chi connectivity index (χ3n) is 3.57. The minimum Gasteiger partial charge on any atom is -0.255 e. The topological polar surface area (TPSA) is 17.1 Å². The fourth-order valence-corrected chi connectivity index (χ4v) is 3.02. The molecule has 2 aromatic rings. The highest BCUT2D eigenvalue weighted by molar-refractivity contribution is 7.84. The summed E-state index contributed by atoms with van der Waals surface area (Å²) >= 11 is 0. The standard InChI is InChI=1S/C18H16OS/c1-13-11-15-5-3-4-6-17(15)18(13)12-14-7-9-16(10-8-14)20(2)19/h3-12H,1-2H3. The van der Waals surface area contributed by atoms with E-state index < -0.39 is 10.8 Å². The summed E-state index contributed by atoms with van der Waals surface area (Å²) in [4.78, 5) is 0.867. The summed E-state index contributed by atoms with van der Waals surface area (Å²) in [5, 5.41) is 0. The monoisotopic (exact) mass is 280 g/mol. The Kier molecular flexibility index (Phi) is 3.41. The molecule has 0 saturated carbocycles. The van der Waals surface area contributed by atoms with Crippen molar-refractivity contribution < 1.29 is 4.21 Å². The number of benzene rings is 2. The predicted molar refractivity (Wildman–Crippen MR) is 86.7 cm³/mol. The van der Waals surface area contributed by atoms with E-state index in [2.05, 4.69) is 43.3 Å². The highest BCUT2D eigenvalue weighted by Crippen LogP contribution is 2.36. The minimum atomic E-state index is -0.916. The number of allylic oxidation sites excluding steroid dienone is 2. The normalized spacial score (nSPS) is 16.9. The lowest BCUT2D eigenvalue weighted by atomic mass is 10.0. The van der Waals surface area contributed by atoms with Crippen LogP contribution in [0.4, 0.5) is 0 Å². The van der Waals surface area contributed by atoms with E-state index in [1.165, 1.54) is 22.3 Å². The van der Waals surface area contributed by atoms with Crippen LogP contribution in [0, 0.1) is 0 Å². The Morgan fingerprint density at radius 1 is 1.00 bits per heavy atom. The lowest BCUT2D eigenvalue weighted by Gasteiger charge is -2.04. The zero-order chi connectivity index (χ0) is 14.1. The molecule has 1 aliphatic rings. The second-order valence-corrected chi connectivity index (χ2v) is 6.38. The zero-order valence-corrected chi connectivity index (χ0v) is 12.4. The van der Waals surface area contributed by atoms with E-state index in [9.17, 15) is 4.21 Å². The summed E-state index contributed by atoms with van der Waals surface area (Å²) in [5.74, 6) is 0. The van der Waals surface area contributed by atoms with Crippen LogP contribution in [0.25, 0.3) is 17.7 Å². The molecular formula is C18H16OS. The highest BCUT2D eigenvalue weighted by Gasteiger charge is 2.14. The van der Waals surface area contributed by atoms with Crippen LogP contribution in [0.15, 0.2) is 59.0 Å². The maximum Gasteiger partial charge on any atom is 0.0498 e. The molecule has 1 unspecified atom stereocenters. The van der Waals surface area contributed by atoms with Crippen LogP contribution in [-0.2, 0) is 10.8 Å². The molecule has 0 amide bonds. The van der Waals surface area contributed by atoms with Gasteiger partial charge in [0.25, 0.3) is 0 Å². The van der Waals surface area contributed by atoms with Gasteiger partial charge in [0.15, 0.2) is 0 Å². The van der Waals surface area contributed by atoms with E-state index in [0.29, 0.717) is 0 Å². The molecule has 1 nitrogen and oxygen atoms in total. The Hall–Kier alpha value is -1.93. The second kappa shape index (κ2) is 5.22. The Morgan fingerprint density at radius 2 is 1.70 bits per heavy atom. The zero-order valence-electron chi connectivity index (χ0n) is 11.6. The first-order chi connectivity index (χ1) is 9.65. The maximum atomic E-state index is 11.4. The fraction of sp³-hybridized carbons (Fsp3) is 0.111. The summed E-state index contributed by atoms with van der Waals surface area (Å²) in [6, 6.07) is 16.4. The molecule has 0 aromatic heterocycles. The van der Waals surface area contributed by atoms with Crippen molar-refractivity contribution in [2.24, 2.45) is 0 Å². The first kappa shape index (κ1) is 13.1. The van der Waals surface area contributed by atoms with Crippen LogP contribution >= 0.6 is 0 Å². The SMILES string of the molecule is CC1=Cc2ccccc2C1=Cc1ccc(S(C)=O)cc1. The molecule has 0 aliphatic heterocycles. The fourth-order valence-electron chi connectivity index (χ4n) is 2.51. The van der Waals surface area contributed by atoms with E-state index in [4.69, 9.17) is 0 Å². The van der Waals surface area contributed by atoms with Crippen LogP contribution in [0.3, 0.4) is 0 Å². The molecule has 0 spiro atoms. The third-order valence-corrected chi connectivity index (χ3v) is 4.51. The molecule has 2 aromatic carbocycles. The van der Waals surface area contributed by atoms with Gasteiger partial charge in [-0.3, -0.25) is 4.21 Å². The van der Waals surface area contributed by atoms with Crippen molar-refractivity contribution in [3.05, 3.63) is 70.8 Å². The number of fused-ring (bicyclic) bond motifs is 1. The quantitative estimate of drug-likeness (QED) is 0.797. The van der Waals surface area contributed by atoms with Crippen molar-refractivity contribution in [1.29, 1.82) is 0 Å². The Morgan fingerprint density at radius 3 is 2.40 bits per heavy atom. The lowest BCUT2D eigenvalue weighted by Crippen LogP contribution is -1.87. The molecule has 0 bridgehead atoms. The molecule has 0 N–H and O–H groups in total. The van der Waals surface area contributed by atoms with E-state index in [1.54, 1.807) is 6.26 Å². The number of hydrogen-bond donors (Lipinski definition) is 0. The molecular weight excluding hydrogens is 264 g/mol. The summed E-state index contributed by atoms with van der Waals surface area (Å²) in [6.45, 7) is 2.14. The van der Waals surface area contributed by atoms with E-state index in [-0.39, 0.29) is 0 Å². The number of rotatable bonds is 2. The molecule has 1 aliphatic carbocycles. The van der Waals surface area contributed by atoms with Crippen LogP contribution in [-0.4, -0.2) is 10.5 Å². The van der Waals surface area contributed by atoms with Gasteiger partial charge in [-0.2, -0.15) is 0 Å². The summed E-state index contributed by atoms with van der Waals surface area (Å²) in [7, 11) is -0.916. The van der Waals surface area contributed by atoms with Gasteiger partial charge in [0.2, 0.25) is 0 Å². The average molecular weight is 280 g/mol. The number of hydrogen-bond acceptors (Lipinski definition) is 1. The lowest BCUT2D eigenvalue weighted by molar-refractivity contribution is 0.687. The van der Waals surface area contributed by atoms with Gasteiger partial charge in [0.1, 0.15) is 0 Å². The predicted octanol–water partition coefficient (Wildman–Crippen LogP) is 4.38. The molecule has 2 heteroatoms. The molecule has 1 atom stereocenters. The van der Waals surface area contributed by atoms with Gasteiger partial charge in [0.05, 0.1) is 0 Å².